The standard InChI is InChI=1S/C12H14F3N5/c13-12(14,15)6-3-7-17-10-8-4-1-2-5-9(8)18-11(19-10)20-16/h1-2,4-5H,3,6-7,16H2,(H2,17,18,19,20). The number of nitrogens with zero attached hydrogens (tertiary/aromatic N) is 2. The molecule has 0 saturated heterocycles. The average molecular weight is 285 g/mol. The fraction of sp³-hybridized carbons (Fsp3) is 0.333. The van der Waals surface area contributed by atoms with Crippen LogP contribution in [0.5, 0.6) is 0 Å². The third kappa shape index (κ3) is 3.70. The number of hydrogen-bond donors (Lipinski definition) is 3. The molecule has 0 saturated carbocycles. The van der Waals surface area contributed by atoms with Crippen molar-refractivity contribution in [3.8, 4) is 0 Å². The minimum absolute atomic E-state index is 0.0206. The van der Waals surface area contributed by atoms with E-state index in [0.717, 1.165) is 5.39 Å². The first-order chi connectivity index (χ1) is 9.49. The molecular formula is C12H14F3N5. The van der Waals surface area contributed by atoms with Crippen molar-refractivity contribution in [1.82, 2.24) is 9.97 Å². The zero-order chi connectivity index (χ0) is 14.6. The van der Waals surface area contributed by atoms with Gasteiger partial charge in [-0.2, -0.15) is 18.2 Å². The Kier molecular flexibility index (Phi) is 4.23. The summed E-state index contributed by atoms with van der Waals surface area (Å²) in [5.41, 5.74) is 2.99. The number of anilines is 2. The van der Waals surface area contributed by atoms with Gasteiger partial charge in [0.05, 0.1) is 5.52 Å². The zero-order valence-corrected chi connectivity index (χ0v) is 10.5. The lowest BCUT2D eigenvalue weighted by atomic mass is 10.2. The Hall–Kier alpha value is -2.09. The number of hydrazine groups is 1. The monoisotopic (exact) mass is 285 g/mol. The summed E-state index contributed by atoms with van der Waals surface area (Å²) in [6, 6.07) is 7.19. The summed E-state index contributed by atoms with van der Waals surface area (Å²) in [5.74, 6) is 5.94. The smallest absolute Gasteiger partial charge is 0.369 e. The lowest BCUT2D eigenvalue weighted by Gasteiger charge is -2.11. The van der Waals surface area contributed by atoms with Crippen LogP contribution in [0.4, 0.5) is 24.9 Å². The quantitative estimate of drug-likeness (QED) is 0.447. The number of fused-ring (bicyclic) bond motifs is 1. The Bertz CT molecular complexity index is 585. The van der Waals surface area contributed by atoms with Crippen molar-refractivity contribution in [2.24, 2.45) is 5.84 Å². The van der Waals surface area contributed by atoms with Crippen LogP contribution in [-0.4, -0.2) is 22.7 Å². The van der Waals surface area contributed by atoms with Crippen LogP contribution in [0.15, 0.2) is 24.3 Å². The van der Waals surface area contributed by atoms with Gasteiger partial charge < -0.3 is 5.32 Å². The molecule has 2 aromatic rings. The Morgan fingerprint density at radius 1 is 1.15 bits per heavy atom. The first-order valence-electron chi connectivity index (χ1n) is 6.03. The lowest BCUT2D eigenvalue weighted by Crippen LogP contribution is -2.14. The molecule has 20 heavy (non-hydrogen) atoms. The second-order valence-corrected chi connectivity index (χ2v) is 4.20. The molecule has 0 aliphatic heterocycles. The number of benzene rings is 1. The van der Waals surface area contributed by atoms with E-state index in [-0.39, 0.29) is 18.9 Å². The summed E-state index contributed by atoms with van der Waals surface area (Å²) in [6.45, 7) is 0.171. The highest BCUT2D eigenvalue weighted by atomic mass is 19.4. The normalized spacial score (nSPS) is 11.6. The maximum Gasteiger partial charge on any atom is 0.389 e. The molecule has 0 atom stereocenters. The number of hydrogen-bond acceptors (Lipinski definition) is 5. The molecule has 0 fully saturated rings. The molecule has 1 aromatic heterocycles. The summed E-state index contributed by atoms with van der Waals surface area (Å²) in [6.07, 6.45) is -4.99. The van der Waals surface area contributed by atoms with Gasteiger partial charge in [0.1, 0.15) is 5.82 Å². The van der Waals surface area contributed by atoms with Gasteiger partial charge in [0.2, 0.25) is 5.95 Å². The molecule has 0 radical (unpaired) electrons. The van der Waals surface area contributed by atoms with Crippen LogP contribution < -0.4 is 16.6 Å². The third-order valence-corrected chi connectivity index (χ3v) is 2.66. The Balaban J connectivity index is 2.12. The van der Waals surface area contributed by atoms with E-state index in [1.54, 1.807) is 12.1 Å². The van der Waals surface area contributed by atoms with E-state index in [0.29, 0.717) is 11.3 Å². The molecule has 0 bridgehead atoms. The maximum absolute atomic E-state index is 12.1. The molecule has 5 nitrogen and oxygen atoms in total. The first kappa shape index (κ1) is 14.3. The van der Waals surface area contributed by atoms with Crippen molar-refractivity contribution in [2.45, 2.75) is 19.0 Å². The van der Waals surface area contributed by atoms with Crippen molar-refractivity contribution in [2.75, 3.05) is 17.3 Å². The van der Waals surface area contributed by atoms with E-state index >= 15 is 0 Å². The highest BCUT2D eigenvalue weighted by Crippen LogP contribution is 2.23. The number of aromatic nitrogens is 2. The molecule has 0 spiro atoms. The molecule has 0 unspecified atom stereocenters. The predicted molar refractivity (Wildman–Crippen MR) is 71.1 cm³/mol. The number of nitrogens with two attached hydrogens (primary N) is 1. The molecule has 2 rings (SSSR count). The van der Waals surface area contributed by atoms with Gasteiger partial charge in [-0.05, 0) is 18.6 Å². The van der Waals surface area contributed by atoms with Gasteiger partial charge in [-0.25, -0.2) is 10.8 Å². The minimum atomic E-state index is -4.14. The minimum Gasteiger partial charge on any atom is -0.369 e. The number of nitrogen functional groups attached to an aromatic ring is 1. The van der Waals surface area contributed by atoms with Crippen molar-refractivity contribution in [3.63, 3.8) is 0 Å². The van der Waals surface area contributed by atoms with Crippen LogP contribution in [0, 0.1) is 0 Å². The summed E-state index contributed by atoms with van der Waals surface area (Å²) in [4.78, 5) is 8.27. The predicted octanol–water partition coefficient (Wildman–Crippen LogP) is 2.67. The van der Waals surface area contributed by atoms with Crippen molar-refractivity contribution in [3.05, 3.63) is 24.3 Å². The van der Waals surface area contributed by atoms with Gasteiger partial charge in [-0.3, -0.25) is 5.43 Å². The second kappa shape index (κ2) is 5.91. The van der Waals surface area contributed by atoms with E-state index in [9.17, 15) is 13.2 Å². The van der Waals surface area contributed by atoms with Crippen molar-refractivity contribution in [1.29, 1.82) is 0 Å². The topological polar surface area (TPSA) is 75.9 Å². The molecule has 1 heterocycles. The first-order valence-corrected chi connectivity index (χ1v) is 6.03. The van der Waals surface area contributed by atoms with Gasteiger partial charge in [0.25, 0.3) is 0 Å². The van der Waals surface area contributed by atoms with Crippen LogP contribution in [0.3, 0.4) is 0 Å². The number of rotatable bonds is 5. The fourth-order valence-corrected chi connectivity index (χ4v) is 1.77. The highest BCUT2D eigenvalue weighted by molar-refractivity contribution is 5.89. The van der Waals surface area contributed by atoms with Gasteiger partial charge in [-0.1, -0.05) is 12.1 Å². The van der Waals surface area contributed by atoms with Crippen LogP contribution in [0.1, 0.15) is 12.8 Å². The molecule has 1 aromatic carbocycles. The molecule has 8 heteroatoms. The average Bonchev–Trinajstić information content (AvgIpc) is 2.42. The van der Waals surface area contributed by atoms with Crippen LogP contribution >= 0.6 is 0 Å². The van der Waals surface area contributed by atoms with Crippen LogP contribution in [0.2, 0.25) is 0 Å². The van der Waals surface area contributed by atoms with Gasteiger partial charge >= 0.3 is 6.18 Å². The molecular weight excluding hydrogens is 271 g/mol. The SMILES string of the molecule is NNc1nc(NCCCC(F)(F)F)c2ccccc2n1. The molecule has 0 amide bonds. The molecule has 0 aliphatic rings. The molecule has 108 valence electrons. The number of halogens is 3. The van der Waals surface area contributed by atoms with E-state index in [2.05, 4.69) is 20.7 Å². The zero-order valence-electron chi connectivity index (χ0n) is 10.5. The lowest BCUT2D eigenvalue weighted by molar-refractivity contribution is -0.134. The fourth-order valence-electron chi connectivity index (χ4n) is 1.77. The molecule has 4 N–H and O–H groups in total. The molecule has 0 aliphatic carbocycles. The van der Waals surface area contributed by atoms with E-state index < -0.39 is 12.6 Å². The van der Waals surface area contributed by atoms with Gasteiger partial charge in [-0.15, -0.1) is 0 Å². The maximum atomic E-state index is 12.1. The highest BCUT2D eigenvalue weighted by Gasteiger charge is 2.25. The summed E-state index contributed by atoms with van der Waals surface area (Å²) in [5, 5.41) is 3.62. The number of nitrogens with one attached hydrogen (secondary N) is 2. The van der Waals surface area contributed by atoms with Crippen LogP contribution in [-0.2, 0) is 0 Å². The van der Waals surface area contributed by atoms with E-state index in [4.69, 9.17) is 5.84 Å². The van der Waals surface area contributed by atoms with Gasteiger partial charge in [0, 0.05) is 18.4 Å². The van der Waals surface area contributed by atoms with Gasteiger partial charge in [0.15, 0.2) is 0 Å². The van der Waals surface area contributed by atoms with Crippen molar-refractivity contribution >= 4 is 22.7 Å². The Morgan fingerprint density at radius 2 is 1.90 bits per heavy atom. The van der Waals surface area contributed by atoms with Crippen molar-refractivity contribution < 1.29 is 13.2 Å². The van der Waals surface area contributed by atoms with E-state index in [1.165, 1.54) is 0 Å². The Labute approximate surface area is 113 Å². The third-order valence-electron chi connectivity index (χ3n) is 2.66. The second-order valence-electron chi connectivity index (χ2n) is 4.20. The number of alkyl halides is 3. The summed E-state index contributed by atoms with van der Waals surface area (Å²) >= 11 is 0. The summed E-state index contributed by atoms with van der Waals surface area (Å²) < 4.78 is 36.2. The van der Waals surface area contributed by atoms with Crippen LogP contribution in [0.25, 0.3) is 10.9 Å². The Morgan fingerprint density at radius 3 is 2.60 bits per heavy atom. The van der Waals surface area contributed by atoms with E-state index in [1.807, 2.05) is 12.1 Å². The summed E-state index contributed by atoms with van der Waals surface area (Å²) in [7, 11) is 0. The largest absolute Gasteiger partial charge is 0.389 e. The number of para-hydroxylation sites is 1.